The quantitative estimate of drug-likeness (QED) is 0.395. The maximum Gasteiger partial charge on any atom is 0.325 e. The molecule has 186 valence electrons. The molecule has 1 saturated heterocycles. The predicted molar refractivity (Wildman–Crippen MR) is 136 cm³/mol. The van der Waals surface area contributed by atoms with Crippen LogP contribution in [-0.4, -0.2) is 49.5 Å². The first-order valence-corrected chi connectivity index (χ1v) is 11.7. The summed E-state index contributed by atoms with van der Waals surface area (Å²) < 4.78 is 1.46. The van der Waals surface area contributed by atoms with Crippen LogP contribution in [0.3, 0.4) is 0 Å². The highest BCUT2D eigenvalue weighted by molar-refractivity contribution is 6.10. The fourth-order valence-corrected chi connectivity index (χ4v) is 4.38. The standard InChI is InChI=1S/C27H25N7O3/c1-19-8-6-12-22(14-19)32(16-20-9-4-3-5-10-20)24(35)17-33-25(36)27(2,29-26(33)37)21-11-7-13-23(15-21)34-18-28-30-31-34/h3-15,18H,16-17H2,1-2H3,(H,29,37). The number of aromatic nitrogens is 4. The molecular formula is C27H25N7O3. The van der Waals surface area contributed by atoms with E-state index in [2.05, 4.69) is 20.8 Å². The third-order valence-corrected chi connectivity index (χ3v) is 6.40. The van der Waals surface area contributed by atoms with Gasteiger partial charge in [0.2, 0.25) is 5.91 Å². The molecule has 1 atom stereocenters. The highest BCUT2D eigenvalue weighted by Crippen LogP contribution is 2.30. The van der Waals surface area contributed by atoms with Crippen molar-refractivity contribution in [3.8, 4) is 5.69 Å². The van der Waals surface area contributed by atoms with Crippen molar-refractivity contribution in [2.45, 2.75) is 25.9 Å². The molecule has 1 fully saturated rings. The number of carbonyl (C=O) groups excluding carboxylic acids is 3. The van der Waals surface area contributed by atoms with E-state index in [-0.39, 0.29) is 5.91 Å². The number of imide groups is 1. The number of hydrogen-bond acceptors (Lipinski definition) is 6. The molecule has 1 N–H and O–H groups in total. The smallest absolute Gasteiger partial charge is 0.319 e. The Kier molecular flexibility index (Phi) is 6.22. The topological polar surface area (TPSA) is 113 Å². The van der Waals surface area contributed by atoms with Gasteiger partial charge in [0.1, 0.15) is 18.4 Å². The van der Waals surface area contributed by atoms with Crippen molar-refractivity contribution >= 4 is 23.5 Å². The van der Waals surface area contributed by atoms with Gasteiger partial charge >= 0.3 is 6.03 Å². The minimum absolute atomic E-state index is 0.304. The van der Waals surface area contributed by atoms with Crippen molar-refractivity contribution in [2.75, 3.05) is 11.4 Å². The molecule has 3 aromatic carbocycles. The molecule has 0 radical (unpaired) electrons. The Morgan fingerprint density at radius 1 is 1.00 bits per heavy atom. The van der Waals surface area contributed by atoms with E-state index >= 15 is 0 Å². The highest BCUT2D eigenvalue weighted by atomic mass is 16.2. The molecule has 4 amide bonds. The van der Waals surface area contributed by atoms with Gasteiger partial charge in [-0.25, -0.2) is 9.48 Å². The molecule has 2 heterocycles. The van der Waals surface area contributed by atoms with Gasteiger partial charge < -0.3 is 10.2 Å². The van der Waals surface area contributed by atoms with Crippen LogP contribution in [0.4, 0.5) is 10.5 Å². The molecule has 10 nitrogen and oxygen atoms in total. The summed E-state index contributed by atoms with van der Waals surface area (Å²) >= 11 is 0. The van der Waals surface area contributed by atoms with Gasteiger partial charge in [-0.2, -0.15) is 0 Å². The van der Waals surface area contributed by atoms with Crippen molar-refractivity contribution < 1.29 is 14.4 Å². The first-order valence-electron chi connectivity index (χ1n) is 11.7. The van der Waals surface area contributed by atoms with Crippen LogP contribution >= 0.6 is 0 Å². The Balaban J connectivity index is 1.41. The zero-order valence-electron chi connectivity index (χ0n) is 20.4. The normalized spacial score (nSPS) is 17.1. The highest BCUT2D eigenvalue weighted by Gasteiger charge is 2.50. The Bertz CT molecular complexity index is 1460. The monoisotopic (exact) mass is 495 g/mol. The van der Waals surface area contributed by atoms with Crippen molar-refractivity contribution in [3.63, 3.8) is 0 Å². The van der Waals surface area contributed by atoms with Gasteiger partial charge in [-0.1, -0.05) is 54.6 Å². The third-order valence-electron chi connectivity index (χ3n) is 6.40. The Labute approximate surface area is 213 Å². The Morgan fingerprint density at radius 2 is 1.78 bits per heavy atom. The van der Waals surface area contributed by atoms with Crippen LogP contribution in [0.2, 0.25) is 0 Å². The third kappa shape index (κ3) is 4.68. The Hall–Kier alpha value is -4.86. The molecule has 0 saturated carbocycles. The molecule has 37 heavy (non-hydrogen) atoms. The number of nitrogens with zero attached hydrogens (tertiary/aromatic N) is 6. The molecule has 1 aromatic heterocycles. The van der Waals surface area contributed by atoms with Gasteiger partial charge in [0.05, 0.1) is 12.2 Å². The molecule has 1 aliphatic rings. The lowest BCUT2D eigenvalue weighted by Crippen LogP contribution is -2.44. The number of urea groups is 1. The van der Waals surface area contributed by atoms with E-state index in [1.165, 1.54) is 11.0 Å². The van der Waals surface area contributed by atoms with Crippen molar-refractivity contribution in [1.29, 1.82) is 0 Å². The lowest BCUT2D eigenvalue weighted by atomic mass is 9.91. The van der Waals surface area contributed by atoms with E-state index in [9.17, 15) is 14.4 Å². The summed E-state index contributed by atoms with van der Waals surface area (Å²) in [4.78, 5) is 42.7. The first kappa shape index (κ1) is 23.9. The molecule has 4 aromatic rings. The molecule has 5 rings (SSSR count). The molecule has 0 aliphatic carbocycles. The number of amides is 4. The summed E-state index contributed by atoms with van der Waals surface area (Å²) in [7, 11) is 0. The molecule has 1 unspecified atom stereocenters. The first-order chi connectivity index (χ1) is 17.8. The molecule has 0 bridgehead atoms. The number of anilines is 1. The largest absolute Gasteiger partial charge is 0.325 e. The number of rotatable bonds is 7. The van der Waals surface area contributed by atoms with Crippen LogP contribution in [0.25, 0.3) is 5.69 Å². The van der Waals surface area contributed by atoms with Crippen molar-refractivity contribution in [1.82, 2.24) is 30.4 Å². The summed E-state index contributed by atoms with van der Waals surface area (Å²) in [5, 5.41) is 13.9. The number of carbonyl (C=O) groups is 3. The minimum Gasteiger partial charge on any atom is -0.319 e. The number of tetrazole rings is 1. The molecule has 0 spiro atoms. The number of hydrogen-bond donors (Lipinski definition) is 1. The van der Waals surface area contributed by atoms with Gasteiger partial charge in [0.15, 0.2) is 0 Å². The SMILES string of the molecule is Cc1cccc(N(Cc2ccccc2)C(=O)CN2C(=O)NC(C)(c3cccc(-n4cnnn4)c3)C2=O)c1. The van der Waals surface area contributed by atoms with Crippen LogP contribution in [0.5, 0.6) is 0 Å². The zero-order valence-corrected chi connectivity index (χ0v) is 20.4. The number of nitrogens with one attached hydrogen (secondary N) is 1. The van der Waals surface area contributed by atoms with Crippen molar-refractivity contribution in [3.05, 3.63) is 102 Å². The van der Waals surface area contributed by atoms with E-state index in [0.29, 0.717) is 23.5 Å². The van der Waals surface area contributed by atoms with Gasteiger partial charge in [-0.05, 0) is 65.2 Å². The van der Waals surface area contributed by atoms with Gasteiger partial charge in [-0.3, -0.25) is 14.5 Å². The van der Waals surface area contributed by atoms with E-state index in [1.807, 2.05) is 61.5 Å². The second-order valence-corrected chi connectivity index (χ2v) is 9.06. The van der Waals surface area contributed by atoms with Gasteiger partial charge in [-0.15, -0.1) is 5.10 Å². The van der Waals surface area contributed by atoms with Crippen LogP contribution < -0.4 is 10.2 Å². The predicted octanol–water partition coefficient (Wildman–Crippen LogP) is 2.97. The van der Waals surface area contributed by atoms with Crippen LogP contribution in [-0.2, 0) is 21.7 Å². The summed E-state index contributed by atoms with van der Waals surface area (Å²) in [6.45, 7) is 3.48. The van der Waals surface area contributed by atoms with E-state index < -0.39 is 24.0 Å². The van der Waals surface area contributed by atoms with Crippen LogP contribution in [0, 0.1) is 6.92 Å². The lowest BCUT2D eigenvalue weighted by Gasteiger charge is -2.26. The summed E-state index contributed by atoms with van der Waals surface area (Å²) in [5.74, 6) is -0.881. The maximum absolute atomic E-state index is 13.6. The van der Waals surface area contributed by atoms with Crippen molar-refractivity contribution in [2.24, 2.45) is 0 Å². The lowest BCUT2D eigenvalue weighted by molar-refractivity contribution is -0.134. The second-order valence-electron chi connectivity index (χ2n) is 9.06. The molecule has 10 heteroatoms. The zero-order chi connectivity index (χ0) is 26.0. The maximum atomic E-state index is 13.6. The molecule has 1 aliphatic heterocycles. The summed E-state index contributed by atoms with van der Waals surface area (Å²) in [6.07, 6.45) is 1.44. The summed E-state index contributed by atoms with van der Waals surface area (Å²) in [5.41, 5.74) is 2.45. The Morgan fingerprint density at radius 3 is 2.51 bits per heavy atom. The minimum atomic E-state index is -1.35. The van der Waals surface area contributed by atoms with E-state index in [0.717, 1.165) is 16.0 Å². The van der Waals surface area contributed by atoms with E-state index in [1.54, 1.807) is 36.1 Å². The summed E-state index contributed by atoms with van der Waals surface area (Å²) in [6, 6.07) is 23.5. The second kappa shape index (κ2) is 9.65. The number of benzene rings is 3. The molecular weight excluding hydrogens is 470 g/mol. The average Bonchev–Trinajstić information content (AvgIpc) is 3.52. The van der Waals surface area contributed by atoms with Gasteiger partial charge in [0, 0.05) is 5.69 Å². The van der Waals surface area contributed by atoms with Crippen LogP contribution in [0.1, 0.15) is 23.6 Å². The van der Waals surface area contributed by atoms with Crippen LogP contribution in [0.15, 0.2) is 85.2 Å². The fourth-order valence-electron chi connectivity index (χ4n) is 4.38. The number of aryl methyl sites for hydroxylation is 1. The van der Waals surface area contributed by atoms with E-state index in [4.69, 9.17) is 0 Å². The van der Waals surface area contributed by atoms with Gasteiger partial charge in [0.25, 0.3) is 5.91 Å². The fraction of sp³-hybridized carbons (Fsp3) is 0.185. The average molecular weight is 496 g/mol.